The molecule has 1 aromatic rings. The maximum absolute atomic E-state index is 12.8. The Bertz CT molecular complexity index is 393. The Kier molecular flexibility index (Phi) is 3.21. The van der Waals surface area contributed by atoms with Crippen molar-refractivity contribution < 1.29 is 4.39 Å². The molecule has 16 heavy (non-hydrogen) atoms. The average Bonchev–Trinajstić information content (AvgIpc) is 2.61. The van der Waals surface area contributed by atoms with Gasteiger partial charge in [0.15, 0.2) is 0 Å². The Balaban J connectivity index is 2.19. The molecule has 0 aromatic heterocycles. The number of halogens is 1. The second kappa shape index (κ2) is 4.63. The fourth-order valence-electron chi connectivity index (χ4n) is 2.50. The number of likely N-dealkylation sites (tertiary alicyclic amines) is 1. The lowest BCUT2D eigenvalue weighted by atomic mass is 9.87. The highest BCUT2D eigenvalue weighted by molar-refractivity contribution is 5.23. The van der Waals surface area contributed by atoms with Crippen LogP contribution >= 0.6 is 0 Å². The van der Waals surface area contributed by atoms with Crippen molar-refractivity contribution in [1.82, 2.24) is 4.90 Å². The van der Waals surface area contributed by atoms with Gasteiger partial charge in [-0.3, -0.25) is 0 Å². The number of likely N-dealkylation sites (N-methyl/N-ethyl adjacent to an activating group) is 1. The van der Waals surface area contributed by atoms with E-state index in [9.17, 15) is 4.39 Å². The fourth-order valence-corrected chi connectivity index (χ4v) is 2.50. The van der Waals surface area contributed by atoms with Crippen molar-refractivity contribution in [3.8, 4) is 6.07 Å². The summed E-state index contributed by atoms with van der Waals surface area (Å²) in [6.07, 6.45) is 0.576. The minimum atomic E-state index is -0.202. The highest BCUT2D eigenvalue weighted by Crippen LogP contribution is 2.33. The first-order valence-electron chi connectivity index (χ1n) is 5.51. The summed E-state index contributed by atoms with van der Waals surface area (Å²) < 4.78 is 12.8. The predicted octanol–water partition coefficient (Wildman–Crippen LogP) is 2.38. The molecule has 1 aliphatic rings. The monoisotopic (exact) mass is 218 g/mol. The molecule has 1 aromatic carbocycles. The molecule has 0 unspecified atom stereocenters. The third kappa shape index (κ3) is 2.23. The molecule has 0 saturated carbocycles. The van der Waals surface area contributed by atoms with Crippen molar-refractivity contribution in [1.29, 1.82) is 5.26 Å². The van der Waals surface area contributed by atoms with Gasteiger partial charge >= 0.3 is 0 Å². The quantitative estimate of drug-likeness (QED) is 0.762. The normalized spacial score (nSPS) is 25.6. The van der Waals surface area contributed by atoms with E-state index >= 15 is 0 Å². The maximum Gasteiger partial charge on any atom is 0.123 e. The number of hydrogen-bond acceptors (Lipinski definition) is 2. The number of rotatable bonds is 2. The molecule has 1 fully saturated rings. The molecule has 0 spiro atoms. The van der Waals surface area contributed by atoms with Gasteiger partial charge in [-0.2, -0.15) is 5.26 Å². The zero-order valence-corrected chi connectivity index (χ0v) is 9.36. The predicted molar refractivity (Wildman–Crippen MR) is 60.4 cm³/mol. The van der Waals surface area contributed by atoms with Crippen molar-refractivity contribution in [3.63, 3.8) is 0 Å². The minimum Gasteiger partial charge on any atom is -0.305 e. The molecule has 2 atom stereocenters. The highest BCUT2D eigenvalue weighted by Gasteiger charge is 2.31. The minimum absolute atomic E-state index is 0.202. The number of hydrogen-bond donors (Lipinski definition) is 0. The van der Waals surface area contributed by atoms with Gasteiger partial charge in [0.25, 0.3) is 0 Å². The lowest BCUT2D eigenvalue weighted by molar-refractivity contribution is 0.396. The Morgan fingerprint density at radius 3 is 2.69 bits per heavy atom. The van der Waals surface area contributed by atoms with E-state index in [2.05, 4.69) is 18.0 Å². The molecule has 2 rings (SSSR count). The van der Waals surface area contributed by atoms with E-state index in [4.69, 9.17) is 5.26 Å². The Morgan fingerprint density at radius 2 is 2.06 bits per heavy atom. The summed E-state index contributed by atoms with van der Waals surface area (Å²) in [7, 11) is 2.06. The summed E-state index contributed by atoms with van der Waals surface area (Å²) in [5.74, 6) is 0.539. The summed E-state index contributed by atoms with van der Waals surface area (Å²) in [6, 6.07) is 8.91. The summed E-state index contributed by atoms with van der Waals surface area (Å²) in [6.45, 7) is 1.91. The second-order valence-corrected chi connectivity index (χ2v) is 4.50. The summed E-state index contributed by atoms with van der Waals surface area (Å²) in [5, 5.41) is 8.79. The average molecular weight is 218 g/mol. The summed E-state index contributed by atoms with van der Waals surface area (Å²) >= 11 is 0. The van der Waals surface area contributed by atoms with E-state index in [-0.39, 0.29) is 5.82 Å². The largest absolute Gasteiger partial charge is 0.305 e. The van der Waals surface area contributed by atoms with Crippen LogP contribution in [0.4, 0.5) is 4.39 Å². The van der Waals surface area contributed by atoms with Crippen molar-refractivity contribution in [2.75, 3.05) is 20.1 Å². The van der Waals surface area contributed by atoms with E-state index in [0.29, 0.717) is 18.3 Å². The van der Waals surface area contributed by atoms with Gasteiger partial charge in [0.2, 0.25) is 0 Å². The molecule has 2 nitrogen and oxygen atoms in total. The van der Waals surface area contributed by atoms with Crippen molar-refractivity contribution in [2.45, 2.75) is 12.3 Å². The molecule has 1 saturated heterocycles. The van der Waals surface area contributed by atoms with Gasteiger partial charge in [-0.05, 0) is 30.7 Å². The fraction of sp³-hybridized carbons (Fsp3) is 0.462. The first-order valence-corrected chi connectivity index (χ1v) is 5.51. The lowest BCUT2D eigenvalue weighted by Crippen LogP contribution is -2.13. The van der Waals surface area contributed by atoms with Crippen LogP contribution in [0.3, 0.4) is 0 Å². The summed E-state index contributed by atoms with van der Waals surface area (Å²) in [4.78, 5) is 2.23. The first-order chi connectivity index (χ1) is 7.70. The van der Waals surface area contributed by atoms with Gasteiger partial charge in [-0.1, -0.05) is 12.1 Å². The van der Waals surface area contributed by atoms with E-state index in [0.717, 1.165) is 18.7 Å². The van der Waals surface area contributed by atoms with E-state index in [1.807, 2.05) is 12.1 Å². The van der Waals surface area contributed by atoms with Crippen LogP contribution in [-0.4, -0.2) is 25.0 Å². The van der Waals surface area contributed by atoms with E-state index in [1.165, 1.54) is 12.1 Å². The molecule has 1 aliphatic heterocycles. The molecular weight excluding hydrogens is 203 g/mol. The molecule has 0 amide bonds. The van der Waals surface area contributed by atoms with Gasteiger partial charge in [0, 0.05) is 25.4 Å². The molecule has 1 heterocycles. The molecule has 3 heteroatoms. The Morgan fingerprint density at radius 1 is 1.38 bits per heavy atom. The van der Waals surface area contributed by atoms with Gasteiger partial charge in [0.1, 0.15) is 5.82 Å². The standard InChI is InChI=1S/C13H15FN2/c1-16-8-11(6-7-15)13(9-16)10-2-4-12(14)5-3-10/h2-5,11,13H,6,8-9H2,1H3/t11-,13-/m0/s1. The molecule has 0 N–H and O–H groups in total. The zero-order chi connectivity index (χ0) is 11.5. The SMILES string of the molecule is CN1C[C@H](CC#N)[C@H](c2ccc(F)cc2)C1. The Hall–Kier alpha value is -1.40. The lowest BCUT2D eigenvalue weighted by Gasteiger charge is -2.15. The van der Waals surface area contributed by atoms with Crippen LogP contribution in [0.2, 0.25) is 0 Å². The topological polar surface area (TPSA) is 27.0 Å². The summed E-state index contributed by atoms with van der Waals surface area (Å²) in [5.41, 5.74) is 1.14. The third-order valence-corrected chi connectivity index (χ3v) is 3.28. The van der Waals surface area contributed by atoms with Crippen LogP contribution in [-0.2, 0) is 0 Å². The van der Waals surface area contributed by atoms with Crippen molar-refractivity contribution in [3.05, 3.63) is 35.6 Å². The van der Waals surface area contributed by atoms with Gasteiger partial charge in [0.05, 0.1) is 6.07 Å². The van der Waals surface area contributed by atoms with Crippen LogP contribution < -0.4 is 0 Å². The number of nitrogens with zero attached hydrogens (tertiary/aromatic N) is 2. The van der Waals surface area contributed by atoms with Crippen LogP contribution in [0.5, 0.6) is 0 Å². The number of benzene rings is 1. The first kappa shape index (κ1) is 11.1. The van der Waals surface area contributed by atoms with Crippen LogP contribution in [0.15, 0.2) is 24.3 Å². The van der Waals surface area contributed by atoms with Crippen molar-refractivity contribution in [2.24, 2.45) is 5.92 Å². The Labute approximate surface area is 95.3 Å². The number of nitriles is 1. The molecule has 0 bridgehead atoms. The highest BCUT2D eigenvalue weighted by atomic mass is 19.1. The second-order valence-electron chi connectivity index (χ2n) is 4.50. The molecule has 0 aliphatic carbocycles. The third-order valence-electron chi connectivity index (χ3n) is 3.28. The van der Waals surface area contributed by atoms with Gasteiger partial charge < -0.3 is 4.90 Å². The van der Waals surface area contributed by atoms with Crippen LogP contribution in [0.1, 0.15) is 17.9 Å². The van der Waals surface area contributed by atoms with Gasteiger partial charge in [-0.25, -0.2) is 4.39 Å². The molecule has 84 valence electrons. The van der Waals surface area contributed by atoms with Gasteiger partial charge in [-0.15, -0.1) is 0 Å². The van der Waals surface area contributed by atoms with Crippen LogP contribution in [0, 0.1) is 23.1 Å². The molecular formula is C13H15FN2. The zero-order valence-electron chi connectivity index (χ0n) is 9.36. The smallest absolute Gasteiger partial charge is 0.123 e. The maximum atomic E-state index is 12.8. The van der Waals surface area contributed by atoms with E-state index in [1.54, 1.807) is 0 Å². The van der Waals surface area contributed by atoms with Crippen molar-refractivity contribution >= 4 is 0 Å². The van der Waals surface area contributed by atoms with E-state index < -0.39 is 0 Å². The van der Waals surface area contributed by atoms with Crippen LogP contribution in [0.25, 0.3) is 0 Å². The molecule has 0 radical (unpaired) electrons.